The third kappa shape index (κ3) is 4.25. The van der Waals surface area contributed by atoms with Crippen LogP contribution in [0.5, 0.6) is 5.75 Å². The van der Waals surface area contributed by atoms with E-state index >= 15 is 0 Å². The summed E-state index contributed by atoms with van der Waals surface area (Å²) in [4.78, 5) is 2.64. The highest BCUT2D eigenvalue weighted by Gasteiger charge is 2.40. The number of methoxy groups -OCH3 is 1. The van der Waals surface area contributed by atoms with Crippen LogP contribution in [0.1, 0.15) is 31.7 Å². The lowest BCUT2D eigenvalue weighted by Crippen LogP contribution is -2.55. The maximum atomic E-state index is 6.18. The number of nitrogens with one attached hydrogen (secondary N) is 1. The van der Waals surface area contributed by atoms with Crippen LogP contribution in [0.3, 0.4) is 0 Å². The Morgan fingerprint density at radius 3 is 2.91 bits per heavy atom. The van der Waals surface area contributed by atoms with E-state index in [0.29, 0.717) is 18.1 Å². The highest BCUT2D eigenvalue weighted by molar-refractivity contribution is 5.28. The van der Waals surface area contributed by atoms with Crippen LogP contribution in [-0.2, 0) is 11.3 Å². The van der Waals surface area contributed by atoms with Gasteiger partial charge in [0.1, 0.15) is 5.75 Å². The van der Waals surface area contributed by atoms with Crippen LogP contribution in [0.25, 0.3) is 0 Å². The van der Waals surface area contributed by atoms with E-state index in [-0.39, 0.29) is 0 Å². The monoisotopic (exact) mass is 318 g/mol. The maximum absolute atomic E-state index is 6.18. The molecule has 2 fully saturated rings. The first kappa shape index (κ1) is 16.7. The molecule has 1 heterocycles. The zero-order chi connectivity index (χ0) is 16.1. The summed E-state index contributed by atoms with van der Waals surface area (Å²) in [7, 11) is 1.73. The second-order valence-electron chi connectivity index (χ2n) is 7.25. The molecule has 1 aromatic carbocycles. The van der Waals surface area contributed by atoms with E-state index in [1.165, 1.54) is 31.4 Å². The molecule has 1 saturated carbocycles. The van der Waals surface area contributed by atoms with E-state index in [0.717, 1.165) is 32.0 Å². The maximum Gasteiger partial charge on any atom is 0.119 e. The molecule has 128 valence electrons. The fourth-order valence-corrected chi connectivity index (χ4v) is 3.70. The van der Waals surface area contributed by atoms with Gasteiger partial charge in [-0.2, -0.15) is 0 Å². The third-order valence-electron chi connectivity index (χ3n) is 5.35. The molecule has 1 N–H and O–H groups in total. The first-order valence-corrected chi connectivity index (χ1v) is 8.86. The summed E-state index contributed by atoms with van der Waals surface area (Å²) in [5, 5.41) is 3.48. The quantitative estimate of drug-likeness (QED) is 0.838. The van der Waals surface area contributed by atoms with Crippen LogP contribution in [0.4, 0.5) is 0 Å². The second-order valence-corrected chi connectivity index (χ2v) is 7.25. The number of hydrogen-bond donors (Lipinski definition) is 1. The Kier molecular flexibility index (Phi) is 5.57. The van der Waals surface area contributed by atoms with Crippen LogP contribution < -0.4 is 10.1 Å². The first-order chi connectivity index (χ1) is 11.2. The molecule has 1 aromatic rings. The van der Waals surface area contributed by atoms with E-state index in [4.69, 9.17) is 9.47 Å². The fourth-order valence-electron chi connectivity index (χ4n) is 3.70. The van der Waals surface area contributed by atoms with E-state index in [9.17, 15) is 0 Å². The van der Waals surface area contributed by atoms with Crippen molar-refractivity contribution in [3.63, 3.8) is 0 Å². The van der Waals surface area contributed by atoms with Gasteiger partial charge in [-0.05, 0) is 37.5 Å². The number of benzene rings is 1. The number of ether oxygens (including phenoxy) is 2. The molecular weight excluding hydrogens is 288 g/mol. The summed E-state index contributed by atoms with van der Waals surface area (Å²) in [6.45, 7) is 8.35. The first-order valence-electron chi connectivity index (χ1n) is 8.86. The Morgan fingerprint density at radius 1 is 1.35 bits per heavy atom. The molecular formula is C19H30N2O2. The van der Waals surface area contributed by atoms with Gasteiger partial charge in [-0.15, -0.1) is 0 Å². The van der Waals surface area contributed by atoms with Gasteiger partial charge in [-0.1, -0.05) is 18.6 Å². The van der Waals surface area contributed by atoms with Gasteiger partial charge in [-0.25, -0.2) is 0 Å². The van der Waals surface area contributed by atoms with Crippen LogP contribution in [0.15, 0.2) is 24.3 Å². The summed E-state index contributed by atoms with van der Waals surface area (Å²) < 4.78 is 11.4. The van der Waals surface area contributed by atoms with Gasteiger partial charge in [0.05, 0.1) is 13.2 Å². The van der Waals surface area contributed by atoms with Gasteiger partial charge in [0.15, 0.2) is 0 Å². The van der Waals surface area contributed by atoms with Crippen molar-refractivity contribution < 1.29 is 9.47 Å². The minimum Gasteiger partial charge on any atom is -0.493 e. The summed E-state index contributed by atoms with van der Waals surface area (Å²) >= 11 is 0. The normalized spacial score (nSPS) is 24.2. The van der Waals surface area contributed by atoms with Crippen molar-refractivity contribution in [3.05, 3.63) is 29.8 Å². The predicted octanol–water partition coefficient (Wildman–Crippen LogP) is 2.68. The van der Waals surface area contributed by atoms with E-state index < -0.39 is 0 Å². The van der Waals surface area contributed by atoms with Crippen molar-refractivity contribution in [2.45, 2.75) is 38.8 Å². The second kappa shape index (κ2) is 7.65. The topological polar surface area (TPSA) is 33.7 Å². The van der Waals surface area contributed by atoms with Crippen molar-refractivity contribution in [2.24, 2.45) is 5.41 Å². The predicted molar refractivity (Wildman–Crippen MR) is 92.8 cm³/mol. The highest BCUT2D eigenvalue weighted by atomic mass is 16.5. The Bertz CT molecular complexity index is 502. The zero-order valence-corrected chi connectivity index (χ0v) is 14.5. The number of rotatable bonds is 7. The molecule has 0 unspecified atom stereocenters. The smallest absolute Gasteiger partial charge is 0.119 e. The van der Waals surface area contributed by atoms with Crippen molar-refractivity contribution in [3.8, 4) is 5.75 Å². The van der Waals surface area contributed by atoms with Crippen LogP contribution in [0, 0.1) is 5.41 Å². The molecule has 0 radical (unpaired) electrons. The SMILES string of the molecule is COCc1cccc(OCC2(CN3CCNC[C@H]3C)CCC2)c1. The minimum absolute atomic E-state index is 0.350. The van der Waals surface area contributed by atoms with Crippen LogP contribution in [-0.4, -0.2) is 50.8 Å². The average molecular weight is 318 g/mol. The molecule has 0 spiro atoms. The Balaban J connectivity index is 1.57. The van der Waals surface area contributed by atoms with Gasteiger partial charge in [0.2, 0.25) is 0 Å². The molecule has 0 amide bonds. The zero-order valence-electron chi connectivity index (χ0n) is 14.5. The molecule has 3 rings (SSSR count). The molecule has 4 nitrogen and oxygen atoms in total. The summed E-state index contributed by atoms with van der Waals surface area (Å²) in [5.74, 6) is 0.971. The van der Waals surface area contributed by atoms with E-state index in [1.807, 2.05) is 0 Å². The fraction of sp³-hybridized carbons (Fsp3) is 0.684. The Morgan fingerprint density at radius 2 is 2.22 bits per heavy atom. The lowest BCUT2D eigenvalue weighted by atomic mass is 9.68. The minimum atomic E-state index is 0.350. The molecule has 1 aliphatic heterocycles. The Labute approximate surface area is 140 Å². The number of nitrogens with zero attached hydrogens (tertiary/aromatic N) is 1. The van der Waals surface area contributed by atoms with Crippen LogP contribution >= 0.6 is 0 Å². The molecule has 0 aromatic heterocycles. The van der Waals surface area contributed by atoms with Gasteiger partial charge in [0.25, 0.3) is 0 Å². The van der Waals surface area contributed by atoms with Crippen molar-refractivity contribution in [1.29, 1.82) is 0 Å². The Hall–Kier alpha value is -1.10. The van der Waals surface area contributed by atoms with E-state index in [1.54, 1.807) is 7.11 Å². The van der Waals surface area contributed by atoms with Gasteiger partial charge < -0.3 is 14.8 Å². The van der Waals surface area contributed by atoms with Crippen LogP contribution in [0.2, 0.25) is 0 Å². The molecule has 23 heavy (non-hydrogen) atoms. The highest BCUT2D eigenvalue weighted by Crippen LogP contribution is 2.42. The molecule has 1 atom stereocenters. The average Bonchev–Trinajstić information content (AvgIpc) is 2.52. The lowest BCUT2D eigenvalue weighted by Gasteiger charge is -2.47. The number of hydrogen-bond acceptors (Lipinski definition) is 4. The standard InChI is InChI=1S/C19H30N2O2/c1-16-12-20-9-10-21(16)14-19(7-4-8-19)15-23-18-6-3-5-17(11-18)13-22-2/h3,5-6,11,16,20H,4,7-10,12-15H2,1-2H3/t16-/m1/s1. The van der Waals surface area contributed by atoms with Crippen molar-refractivity contribution in [2.75, 3.05) is 39.9 Å². The largest absolute Gasteiger partial charge is 0.493 e. The molecule has 1 aliphatic carbocycles. The van der Waals surface area contributed by atoms with Crippen molar-refractivity contribution in [1.82, 2.24) is 10.2 Å². The van der Waals surface area contributed by atoms with Gasteiger partial charge in [-0.3, -0.25) is 4.90 Å². The molecule has 0 bridgehead atoms. The van der Waals surface area contributed by atoms with Crippen molar-refractivity contribution >= 4 is 0 Å². The lowest BCUT2D eigenvalue weighted by molar-refractivity contribution is 0.000777. The number of piperazine rings is 1. The summed E-state index contributed by atoms with van der Waals surface area (Å²) in [6.07, 6.45) is 3.93. The van der Waals surface area contributed by atoms with Gasteiger partial charge >= 0.3 is 0 Å². The van der Waals surface area contributed by atoms with Gasteiger partial charge in [0, 0.05) is 44.7 Å². The van der Waals surface area contributed by atoms with E-state index in [2.05, 4.69) is 41.4 Å². The summed E-state index contributed by atoms with van der Waals surface area (Å²) in [5.41, 5.74) is 1.52. The summed E-state index contributed by atoms with van der Waals surface area (Å²) in [6, 6.07) is 8.92. The molecule has 4 heteroatoms. The molecule has 1 saturated heterocycles. The molecule has 2 aliphatic rings. The third-order valence-corrected chi connectivity index (χ3v) is 5.35.